The molecule has 0 saturated heterocycles. The van der Waals surface area contributed by atoms with Gasteiger partial charge in [0.05, 0.1) is 11.5 Å². The van der Waals surface area contributed by atoms with Gasteiger partial charge in [0.2, 0.25) is 0 Å². The van der Waals surface area contributed by atoms with E-state index in [2.05, 4.69) is 62.1 Å². The van der Waals surface area contributed by atoms with Gasteiger partial charge in [-0.25, -0.2) is 4.99 Å². The minimum atomic E-state index is 0.151. The molecular formula is C20H26N2. The van der Waals surface area contributed by atoms with Gasteiger partial charge in [-0.1, -0.05) is 26.7 Å². The number of aliphatic imine (C=N–C) groups is 1. The SMILES string of the molecule is C#Cc1cc(C2=CCNC(C)=N2)cc(C(C)(CC)CC)c1C. The van der Waals surface area contributed by atoms with Crippen molar-refractivity contribution < 1.29 is 0 Å². The molecule has 0 aromatic heterocycles. The van der Waals surface area contributed by atoms with E-state index in [0.717, 1.165) is 42.0 Å². The zero-order valence-electron chi connectivity index (χ0n) is 14.4. The van der Waals surface area contributed by atoms with Gasteiger partial charge in [-0.15, -0.1) is 6.42 Å². The van der Waals surface area contributed by atoms with E-state index in [4.69, 9.17) is 6.42 Å². The van der Waals surface area contributed by atoms with Gasteiger partial charge >= 0.3 is 0 Å². The first-order valence-corrected chi connectivity index (χ1v) is 8.06. The van der Waals surface area contributed by atoms with Crippen LogP contribution in [0.2, 0.25) is 0 Å². The maximum Gasteiger partial charge on any atom is 0.0993 e. The van der Waals surface area contributed by atoms with Gasteiger partial charge in [0.25, 0.3) is 0 Å². The molecule has 1 heterocycles. The fourth-order valence-corrected chi connectivity index (χ4v) is 3.01. The number of benzene rings is 1. The molecule has 0 spiro atoms. The fraction of sp³-hybridized carbons (Fsp3) is 0.450. The summed E-state index contributed by atoms with van der Waals surface area (Å²) in [6.07, 6.45) is 10.1. The number of amidine groups is 1. The summed E-state index contributed by atoms with van der Waals surface area (Å²) in [5, 5.41) is 3.22. The van der Waals surface area contributed by atoms with Crippen LogP contribution in [0.25, 0.3) is 5.70 Å². The summed E-state index contributed by atoms with van der Waals surface area (Å²) in [6, 6.07) is 4.38. The molecule has 0 atom stereocenters. The van der Waals surface area contributed by atoms with Crippen molar-refractivity contribution in [3.8, 4) is 12.3 Å². The highest BCUT2D eigenvalue weighted by molar-refractivity contribution is 5.88. The molecule has 0 radical (unpaired) electrons. The quantitative estimate of drug-likeness (QED) is 0.817. The monoisotopic (exact) mass is 294 g/mol. The largest absolute Gasteiger partial charge is 0.370 e. The third-order valence-electron chi connectivity index (χ3n) is 5.01. The molecule has 2 rings (SSSR count). The standard InChI is InChI=1S/C20H26N2/c1-7-16-12-17(19-10-11-21-15(5)22-19)13-18(14(16)4)20(6,8-2)9-3/h1,10,12-13H,8-9,11H2,2-6H3,(H,21,22). The van der Waals surface area contributed by atoms with Gasteiger partial charge in [0.15, 0.2) is 0 Å². The topological polar surface area (TPSA) is 24.4 Å². The van der Waals surface area contributed by atoms with E-state index < -0.39 is 0 Å². The van der Waals surface area contributed by atoms with Gasteiger partial charge in [-0.05, 0) is 61.4 Å². The lowest BCUT2D eigenvalue weighted by Crippen LogP contribution is -2.24. The Kier molecular flexibility index (Phi) is 4.76. The van der Waals surface area contributed by atoms with Crippen molar-refractivity contribution in [1.29, 1.82) is 0 Å². The number of hydrogen-bond acceptors (Lipinski definition) is 2. The zero-order valence-corrected chi connectivity index (χ0v) is 14.4. The molecule has 1 aromatic carbocycles. The minimum absolute atomic E-state index is 0.151. The Morgan fingerprint density at radius 2 is 1.95 bits per heavy atom. The van der Waals surface area contributed by atoms with Crippen molar-refractivity contribution in [1.82, 2.24) is 5.32 Å². The zero-order chi connectivity index (χ0) is 16.3. The van der Waals surface area contributed by atoms with E-state index in [1.807, 2.05) is 6.92 Å². The summed E-state index contributed by atoms with van der Waals surface area (Å²) in [4.78, 5) is 4.63. The number of nitrogens with zero attached hydrogens (tertiary/aromatic N) is 1. The molecule has 2 nitrogen and oxygen atoms in total. The Bertz CT molecular complexity index is 668. The van der Waals surface area contributed by atoms with Crippen molar-refractivity contribution in [2.45, 2.75) is 52.9 Å². The highest BCUT2D eigenvalue weighted by atomic mass is 15.0. The summed E-state index contributed by atoms with van der Waals surface area (Å²) < 4.78 is 0. The van der Waals surface area contributed by atoms with Gasteiger partial charge in [-0.2, -0.15) is 0 Å². The van der Waals surface area contributed by atoms with Crippen LogP contribution in [0.4, 0.5) is 0 Å². The molecule has 1 aromatic rings. The molecule has 2 heteroatoms. The van der Waals surface area contributed by atoms with E-state index in [9.17, 15) is 0 Å². The highest BCUT2D eigenvalue weighted by Crippen LogP contribution is 2.36. The molecule has 0 fully saturated rings. The third-order valence-corrected chi connectivity index (χ3v) is 5.01. The van der Waals surface area contributed by atoms with Crippen LogP contribution in [0.3, 0.4) is 0 Å². The number of rotatable bonds is 4. The second kappa shape index (κ2) is 6.40. The number of nitrogens with one attached hydrogen (secondary N) is 1. The summed E-state index contributed by atoms with van der Waals surface area (Å²) in [6.45, 7) is 11.8. The molecule has 1 aliphatic rings. The molecule has 0 unspecified atom stereocenters. The van der Waals surface area contributed by atoms with E-state index in [1.54, 1.807) is 0 Å². The molecule has 116 valence electrons. The van der Waals surface area contributed by atoms with Gasteiger partial charge < -0.3 is 5.32 Å². The Hall–Kier alpha value is -2.01. The van der Waals surface area contributed by atoms with Crippen LogP contribution in [0.5, 0.6) is 0 Å². The van der Waals surface area contributed by atoms with Crippen molar-refractivity contribution in [2.75, 3.05) is 6.54 Å². The van der Waals surface area contributed by atoms with E-state index >= 15 is 0 Å². The predicted octanol–water partition coefficient (Wildman–Crippen LogP) is 4.42. The second-order valence-corrected chi connectivity index (χ2v) is 6.28. The first-order valence-electron chi connectivity index (χ1n) is 8.06. The van der Waals surface area contributed by atoms with E-state index in [-0.39, 0.29) is 5.41 Å². The van der Waals surface area contributed by atoms with Crippen LogP contribution in [0.1, 0.15) is 62.8 Å². The normalized spacial score (nSPS) is 14.7. The predicted molar refractivity (Wildman–Crippen MR) is 96.1 cm³/mol. The maximum absolute atomic E-state index is 5.75. The lowest BCUT2D eigenvalue weighted by Gasteiger charge is -2.30. The van der Waals surface area contributed by atoms with E-state index in [1.165, 1.54) is 11.1 Å². The summed E-state index contributed by atoms with van der Waals surface area (Å²) >= 11 is 0. The summed E-state index contributed by atoms with van der Waals surface area (Å²) in [5.41, 5.74) is 5.86. The molecule has 0 amide bonds. The van der Waals surface area contributed by atoms with Crippen molar-refractivity contribution in [2.24, 2.45) is 4.99 Å². The molecule has 0 aliphatic carbocycles. The summed E-state index contributed by atoms with van der Waals surface area (Å²) in [5.74, 6) is 3.81. The highest BCUT2D eigenvalue weighted by Gasteiger charge is 2.26. The Labute approximate surface area is 134 Å². The lowest BCUT2D eigenvalue weighted by molar-refractivity contribution is 0.436. The van der Waals surface area contributed by atoms with Crippen molar-refractivity contribution in [3.05, 3.63) is 40.5 Å². The third kappa shape index (κ3) is 2.95. The first-order chi connectivity index (χ1) is 10.4. The molecule has 0 bridgehead atoms. The average Bonchev–Trinajstić information content (AvgIpc) is 2.54. The first kappa shape index (κ1) is 16.4. The van der Waals surface area contributed by atoms with Gasteiger partial charge in [0.1, 0.15) is 0 Å². The Morgan fingerprint density at radius 3 is 2.50 bits per heavy atom. The van der Waals surface area contributed by atoms with E-state index in [0.29, 0.717) is 0 Å². The van der Waals surface area contributed by atoms with Gasteiger partial charge in [0, 0.05) is 17.7 Å². The van der Waals surface area contributed by atoms with Crippen LogP contribution < -0.4 is 5.32 Å². The minimum Gasteiger partial charge on any atom is -0.370 e. The van der Waals surface area contributed by atoms with Crippen LogP contribution in [0, 0.1) is 19.3 Å². The van der Waals surface area contributed by atoms with Crippen molar-refractivity contribution >= 4 is 11.5 Å². The smallest absolute Gasteiger partial charge is 0.0993 e. The summed E-state index contributed by atoms with van der Waals surface area (Å²) in [7, 11) is 0. The van der Waals surface area contributed by atoms with Crippen LogP contribution >= 0.6 is 0 Å². The molecule has 1 aliphatic heterocycles. The molecule has 22 heavy (non-hydrogen) atoms. The molecule has 1 N–H and O–H groups in total. The van der Waals surface area contributed by atoms with Crippen LogP contribution in [0.15, 0.2) is 23.2 Å². The second-order valence-electron chi connectivity index (χ2n) is 6.28. The molecular weight excluding hydrogens is 268 g/mol. The number of terminal acetylenes is 1. The average molecular weight is 294 g/mol. The fourth-order valence-electron chi connectivity index (χ4n) is 3.01. The van der Waals surface area contributed by atoms with Crippen molar-refractivity contribution in [3.63, 3.8) is 0 Å². The number of hydrogen-bond donors (Lipinski definition) is 1. The van der Waals surface area contributed by atoms with Crippen LogP contribution in [-0.4, -0.2) is 12.4 Å². The van der Waals surface area contributed by atoms with Crippen LogP contribution in [-0.2, 0) is 5.41 Å². The Balaban J connectivity index is 2.64. The molecule has 0 saturated carbocycles. The Morgan fingerprint density at radius 1 is 1.27 bits per heavy atom. The van der Waals surface area contributed by atoms with Gasteiger partial charge in [-0.3, -0.25) is 0 Å². The lowest BCUT2D eigenvalue weighted by atomic mass is 9.74. The maximum atomic E-state index is 5.75.